The Kier molecular flexibility index (Phi) is 11.3. The Morgan fingerprint density at radius 3 is 2.16 bits per heavy atom. The van der Waals surface area contributed by atoms with Gasteiger partial charge in [0.15, 0.2) is 0 Å². The van der Waals surface area contributed by atoms with Crippen LogP contribution in [0.25, 0.3) is 0 Å². The number of carbonyl (C=O) groups excluding carboxylic acids is 2. The number of hydrogen-bond acceptors (Lipinski definition) is 5. The van der Waals surface area contributed by atoms with Crippen LogP contribution in [0.3, 0.4) is 0 Å². The van der Waals surface area contributed by atoms with Gasteiger partial charge in [-0.05, 0) is 61.2 Å². The minimum atomic E-state index is -3.88. The van der Waals surface area contributed by atoms with Crippen molar-refractivity contribution >= 4 is 50.7 Å². The summed E-state index contributed by atoms with van der Waals surface area (Å²) in [5.41, 5.74) is 1.77. The number of ether oxygens (including phenoxy) is 1. The smallest absolute Gasteiger partial charge is 0.244 e. The van der Waals surface area contributed by atoms with Crippen LogP contribution in [0, 0.1) is 0 Å². The highest BCUT2D eigenvalue weighted by molar-refractivity contribution is 7.92. The lowest BCUT2D eigenvalue weighted by Gasteiger charge is -2.33. The summed E-state index contributed by atoms with van der Waals surface area (Å²) in [6.07, 6.45) is 5.22. The van der Waals surface area contributed by atoms with Gasteiger partial charge in [0.2, 0.25) is 21.8 Å². The van der Waals surface area contributed by atoms with Crippen LogP contribution in [0.2, 0.25) is 10.0 Å². The first-order valence-electron chi connectivity index (χ1n) is 14.3. The first-order chi connectivity index (χ1) is 20.6. The van der Waals surface area contributed by atoms with Crippen LogP contribution >= 0.6 is 23.2 Å². The molecule has 43 heavy (non-hydrogen) atoms. The molecular weight excluding hydrogens is 609 g/mol. The standard InChI is InChI=1S/C32H37Cl2N3O5S/c1-3-30(32(39)35-24-12-7-8-13-24)36(20-27-28(33)14-9-15-29(27)34)31(38)21-37(43(2,40)41)25-16-18-26(19-17-25)42-22-23-10-5-4-6-11-23/h4-6,9-11,14-19,24,30H,3,7-8,12-13,20-22H2,1-2H3,(H,35,39)/t30-/m1/s1. The Hall–Kier alpha value is -3.27. The van der Waals surface area contributed by atoms with Crippen molar-refractivity contribution in [1.82, 2.24) is 10.2 Å². The number of sulfonamides is 1. The fourth-order valence-corrected chi connectivity index (χ4v) is 6.57. The Morgan fingerprint density at radius 1 is 0.953 bits per heavy atom. The van der Waals surface area contributed by atoms with E-state index >= 15 is 0 Å². The van der Waals surface area contributed by atoms with Crippen molar-refractivity contribution in [3.05, 3.63) is 94.0 Å². The minimum absolute atomic E-state index is 0.0533. The van der Waals surface area contributed by atoms with Crippen LogP contribution in [0.1, 0.15) is 50.2 Å². The van der Waals surface area contributed by atoms with Crippen LogP contribution in [-0.4, -0.2) is 50.0 Å². The average molecular weight is 647 g/mol. The molecule has 0 heterocycles. The van der Waals surface area contributed by atoms with Crippen molar-refractivity contribution in [2.75, 3.05) is 17.1 Å². The molecule has 1 N–H and O–H groups in total. The second kappa shape index (κ2) is 14.9. The number of carbonyl (C=O) groups is 2. The van der Waals surface area contributed by atoms with Gasteiger partial charge in [-0.3, -0.25) is 13.9 Å². The third kappa shape index (κ3) is 8.87. The molecule has 2 amide bonds. The number of halogens is 2. The Balaban J connectivity index is 1.58. The SMILES string of the molecule is CC[C@H](C(=O)NC1CCCC1)N(Cc1c(Cl)cccc1Cl)C(=O)CN(c1ccc(OCc2ccccc2)cc1)S(C)(=O)=O. The van der Waals surface area contributed by atoms with E-state index in [1.54, 1.807) is 42.5 Å². The van der Waals surface area contributed by atoms with Crippen LogP contribution in [0.5, 0.6) is 5.75 Å². The third-order valence-corrected chi connectivity index (χ3v) is 9.38. The molecular formula is C32H37Cl2N3O5S. The molecule has 0 bridgehead atoms. The van der Waals surface area contributed by atoms with E-state index < -0.39 is 28.5 Å². The molecule has 3 aromatic rings. The molecule has 230 valence electrons. The molecule has 0 spiro atoms. The predicted molar refractivity (Wildman–Crippen MR) is 171 cm³/mol. The van der Waals surface area contributed by atoms with Crippen molar-refractivity contribution in [3.8, 4) is 5.75 Å². The van der Waals surface area contributed by atoms with E-state index in [-0.39, 0.29) is 18.5 Å². The number of amides is 2. The van der Waals surface area contributed by atoms with E-state index in [1.807, 2.05) is 37.3 Å². The highest BCUT2D eigenvalue weighted by Crippen LogP contribution is 2.28. The normalized spacial score (nSPS) is 14.2. The van der Waals surface area contributed by atoms with Crippen molar-refractivity contribution in [2.45, 2.75) is 64.3 Å². The van der Waals surface area contributed by atoms with E-state index in [9.17, 15) is 18.0 Å². The molecule has 1 aliphatic carbocycles. The number of rotatable bonds is 13. The number of hydrogen-bond donors (Lipinski definition) is 1. The van der Waals surface area contributed by atoms with Gasteiger partial charge >= 0.3 is 0 Å². The van der Waals surface area contributed by atoms with Crippen molar-refractivity contribution in [2.24, 2.45) is 0 Å². The lowest BCUT2D eigenvalue weighted by Crippen LogP contribution is -2.53. The molecule has 4 rings (SSSR count). The van der Waals surface area contributed by atoms with Gasteiger partial charge in [0, 0.05) is 28.2 Å². The van der Waals surface area contributed by atoms with E-state index in [4.69, 9.17) is 27.9 Å². The summed E-state index contributed by atoms with van der Waals surface area (Å²) in [6.45, 7) is 1.60. The molecule has 0 unspecified atom stereocenters. The number of benzene rings is 3. The lowest BCUT2D eigenvalue weighted by atomic mass is 10.1. The van der Waals surface area contributed by atoms with E-state index in [2.05, 4.69) is 5.32 Å². The topological polar surface area (TPSA) is 96.0 Å². The average Bonchev–Trinajstić information content (AvgIpc) is 3.49. The molecule has 1 atom stereocenters. The summed E-state index contributed by atoms with van der Waals surface area (Å²) in [5.74, 6) is -0.284. The molecule has 0 aliphatic heterocycles. The molecule has 3 aromatic carbocycles. The van der Waals surface area contributed by atoms with Crippen molar-refractivity contribution in [3.63, 3.8) is 0 Å². The van der Waals surface area contributed by atoms with Gasteiger partial charge in [-0.1, -0.05) is 79.4 Å². The molecule has 11 heteroatoms. The summed E-state index contributed by atoms with van der Waals surface area (Å²) in [4.78, 5) is 28.9. The first-order valence-corrected chi connectivity index (χ1v) is 16.9. The lowest BCUT2D eigenvalue weighted by molar-refractivity contribution is -0.140. The highest BCUT2D eigenvalue weighted by Gasteiger charge is 2.33. The summed E-state index contributed by atoms with van der Waals surface area (Å²) in [7, 11) is -3.88. The highest BCUT2D eigenvalue weighted by atomic mass is 35.5. The first kappa shape index (κ1) is 32.6. The molecule has 1 fully saturated rings. The van der Waals surface area contributed by atoms with Gasteiger partial charge in [0.1, 0.15) is 24.9 Å². The maximum Gasteiger partial charge on any atom is 0.244 e. The van der Waals surface area contributed by atoms with Crippen LogP contribution in [0.15, 0.2) is 72.8 Å². The maximum absolute atomic E-state index is 14.0. The second-order valence-corrected chi connectivity index (χ2v) is 13.4. The monoisotopic (exact) mass is 645 g/mol. The summed E-state index contributed by atoms with van der Waals surface area (Å²) < 4.78 is 32.8. The van der Waals surface area contributed by atoms with Gasteiger partial charge in [-0.25, -0.2) is 8.42 Å². The number of nitrogens with one attached hydrogen (secondary N) is 1. The second-order valence-electron chi connectivity index (χ2n) is 10.7. The predicted octanol–water partition coefficient (Wildman–Crippen LogP) is 6.20. The zero-order valence-electron chi connectivity index (χ0n) is 24.3. The largest absolute Gasteiger partial charge is 0.489 e. The fraction of sp³-hybridized carbons (Fsp3) is 0.375. The Labute approximate surface area is 264 Å². The Morgan fingerprint density at radius 2 is 1.58 bits per heavy atom. The molecule has 0 aromatic heterocycles. The van der Waals surface area contributed by atoms with Crippen LogP contribution in [0.4, 0.5) is 5.69 Å². The molecule has 1 aliphatic rings. The van der Waals surface area contributed by atoms with E-state index in [1.165, 1.54) is 4.90 Å². The summed E-state index contributed by atoms with van der Waals surface area (Å²) >= 11 is 12.9. The van der Waals surface area contributed by atoms with E-state index in [0.29, 0.717) is 40.1 Å². The zero-order chi connectivity index (χ0) is 31.0. The van der Waals surface area contributed by atoms with Gasteiger partial charge in [-0.15, -0.1) is 0 Å². The molecule has 0 radical (unpaired) electrons. The molecule has 8 nitrogen and oxygen atoms in total. The number of anilines is 1. The van der Waals surface area contributed by atoms with Gasteiger partial charge in [0.05, 0.1) is 11.9 Å². The zero-order valence-corrected chi connectivity index (χ0v) is 26.7. The minimum Gasteiger partial charge on any atom is -0.489 e. The summed E-state index contributed by atoms with van der Waals surface area (Å²) in [5, 5.41) is 3.78. The fourth-order valence-electron chi connectivity index (χ4n) is 5.20. The molecule has 1 saturated carbocycles. The molecule has 0 saturated heterocycles. The van der Waals surface area contributed by atoms with E-state index in [0.717, 1.165) is 41.8 Å². The van der Waals surface area contributed by atoms with Gasteiger partial charge < -0.3 is 15.0 Å². The van der Waals surface area contributed by atoms with Gasteiger partial charge in [-0.2, -0.15) is 0 Å². The van der Waals surface area contributed by atoms with Crippen molar-refractivity contribution < 1.29 is 22.7 Å². The van der Waals surface area contributed by atoms with Crippen molar-refractivity contribution in [1.29, 1.82) is 0 Å². The Bertz CT molecular complexity index is 1480. The third-order valence-electron chi connectivity index (χ3n) is 7.53. The van der Waals surface area contributed by atoms with Crippen LogP contribution < -0.4 is 14.4 Å². The van der Waals surface area contributed by atoms with Crippen LogP contribution in [-0.2, 0) is 32.8 Å². The maximum atomic E-state index is 14.0. The summed E-state index contributed by atoms with van der Waals surface area (Å²) in [6, 6.07) is 20.4. The number of nitrogens with zero attached hydrogens (tertiary/aromatic N) is 2. The van der Waals surface area contributed by atoms with Gasteiger partial charge in [0.25, 0.3) is 0 Å². The quantitative estimate of drug-likeness (QED) is 0.239.